The summed E-state index contributed by atoms with van der Waals surface area (Å²) in [7, 11) is 1.50. The van der Waals surface area contributed by atoms with Crippen LogP contribution in [0.3, 0.4) is 0 Å². The van der Waals surface area contributed by atoms with Crippen molar-refractivity contribution in [1.29, 1.82) is 0 Å². The molecule has 0 saturated carbocycles. The number of hydrogen-bond donors (Lipinski definition) is 1. The summed E-state index contributed by atoms with van der Waals surface area (Å²) in [5.41, 5.74) is 0.869. The van der Waals surface area contributed by atoms with Crippen molar-refractivity contribution < 1.29 is 22.7 Å². The Bertz CT molecular complexity index is 521. The van der Waals surface area contributed by atoms with Gasteiger partial charge in [-0.3, -0.25) is 9.69 Å². The molecule has 1 atom stereocenters. The summed E-state index contributed by atoms with van der Waals surface area (Å²) < 4.78 is 42.2. The number of nitrogens with zero attached hydrogens (tertiary/aromatic N) is 1. The number of halogens is 3. The number of para-hydroxylation sites is 1. The molecule has 0 bridgehead atoms. The van der Waals surface area contributed by atoms with Gasteiger partial charge in [0, 0.05) is 12.1 Å². The number of carbonyl (C=O) groups excluding carboxylic acids is 1. The van der Waals surface area contributed by atoms with Gasteiger partial charge >= 0.3 is 6.18 Å². The molecule has 0 aliphatic carbocycles. The third-order valence-electron chi connectivity index (χ3n) is 3.53. The van der Waals surface area contributed by atoms with E-state index in [9.17, 15) is 18.0 Å². The highest BCUT2D eigenvalue weighted by Gasteiger charge is 2.27. The average molecular weight is 346 g/mol. The number of carbonyl (C=O) groups is 1. The molecule has 0 aromatic heterocycles. The number of amides is 1. The average Bonchev–Trinajstić information content (AvgIpc) is 2.51. The van der Waals surface area contributed by atoms with Crippen molar-refractivity contribution in [2.75, 3.05) is 26.7 Å². The molecule has 0 spiro atoms. The molecule has 4 nitrogen and oxygen atoms in total. The fraction of sp³-hybridized carbons (Fsp3) is 0.588. The van der Waals surface area contributed by atoms with Crippen LogP contribution in [0, 0.1) is 0 Å². The summed E-state index contributed by atoms with van der Waals surface area (Å²) in [6, 6.07) is 7.20. The van der Waals surface area contributed by atoms with E-state index in [0.717, 1.165) is 5.56 Å². The fourth-order valence-corrected chi connectivity index (χ4v) is 2.34. The van der Waals surface area contributed by atoms with E-state index >= 15 is 0 Å². The highest BCUT2D eigenvalue weighted by atomic mass is 19.4. The van der Waals surface area contributed by atoms with Gasteiger partial charge in [0.25, 0.3) is 0 Å². The Morgan fingerprint density at radius 2 is 1.96 bits per heavy atom. The van der Waals surface area contributed by atoms with E-state index in [-0.39, 0.29) is 25.0 Å². The molecule has 1 unspecified atom stereocenters. The van der Waals surface area contributed by atoms with E-state index < -0.39 is 12.6 Å². The van der Waals surface area contributed by atoms with Crippen LogP contribution < -0.4 is 10.1 Å². The molecule has 0 radical (unpaired) electrons. The highest BCUT2D eigenvalue weighted by molar-refractivity contribution is 5.78. The third kappa shape index (κ3) is 7.21. The summed E-state index contributed by atoms with van der Waals surface area (Å²) in [6.07, 6.45) is -4.49. The first kappa shape index (κ1) is 20.3. The van der Waals surface area contributed by atoms with Crippen LogP contribution in [-0.2, 0) is 4.79 Å². The van der Waals surface area contributed by atoms with Gasteiger partial charge in [0.1, 0.15) is 5.75 Å². The maximum atomic E-state index is 12.2. The van der Waals surface area contributed by atoms with Crippen LogP contribution in [0.25, 0.3) is 0 Å². The number of alkyl halides is 3. The van der Waals surface area contributed by atoms with Crippen molar-refractivity contribution in [2.45, 2.75) is 38.9 Å². The maximum Gasteiger partial charge on any atom is 0.390 e. The fourth-order valence-electron chi connectivity index (χ4n) is 2.34. The van der Waals surface area contributed by atoms with Crippen LogP contribution >= 0.6 is 0 Å². The Morgan fingerprint density at radius 1 is 1.29 bits per heavy atom. The standard InChI is InChI=1S/C17H25F3N2O2/c1-4-14(13-8-6-7-9-15(13)24-5-2)21-16(23)12-22(3)11-10-17(18,19)20/h6-9,14H,4-5,10-12H2,1-3H3,(H,21,23). The zero-order chi connectivity index (χ0) is 18.2. The Balaban J connectivity index is 2.63. The van der Waals surface area contributed by atoms with Crippen molar-refractivity contribution >= 4 is 5.91 Å². The van der Waals surface area contributed by atoms with Crippen LogP contribution in [0.5, 0.6) is 5.75 Å². The van der Waals surface area contributed by atoms with Gasteiger partial charge in [0.15, 0.2) is 0 Å². The van der Waals surface area contributed by atoms with Gasteiger partial charge in [-0.15, -0.1) is 0 Å². The molecule has 1 N–H and O–H groups in total. The zero-order valence-corrected chi connectivity index (χ0v) is 14.3. The predicted octanol–water partition coefficient (Wildman–Crippen LogP) is 3.54. The molecule has 0 aliphatic heterocycles. The number of benzene rings is 1. The Morgan fingerprint density at radius 3 is 2.54 bits per heavy atom. The molecule has 1 rings (SSSR count). The largest absolute Gasteiger partial charge is 0.494 e. The topological polar surface area (TPSA) is 41.6 Å². The first-order valence-corrected chi connectivity index (χ1v) is 8.03. The van der Waals surface area contributed by atoms with Crippen molar-refractivity contribution in [3.05, 3.63) is 29.8 Å². The van der Waals surface area contributed by atoms with Gasteiger partial charge in [0.05, 0.1) is 25.6 Å². The molecule has 24 heavy (non-hydrogen) atoms. The number of nitrogens with one attached hydrogen (secondary N) is 1. The van der Waals surface area contributed by atoms with E-state index in [4.69, 9.17) is 4.74 Å². The first-order valence-electron chi connectivity index (χ1n) is 8.03. The van der Waals surface area contributed by atoms with E-state index in [1.807, 2.05) is 38.1 Å². The quantitative estimate of drug-likeness (QED) is 0.744. The Kier molecular flexibility index (Phi) is 8.04. The minimum absolute atomic E-state index is 0.0800. The van der Waals surface area contributed by atoms with Crippen LogP contribution in [0.1, 0.15) is 38.3 Å². The molecule has 0 heterocycles. The van der Waals surface area contributed by atoms with E-state index in [2.05, 4.69) is 5.32 Å². The summed E-state index contributed by atoms with van der Waals surface area (Å²) >= 11 is 0. The number of likely N-dealkylation sites (N-methyl/N-ethyl adjacent to an activating group) is 1. The Hall–Kier alpha value is -1.76. The van der Waals surface area contributed by atoms with E-state index in [1.54, 1.807) is 0 Å². The summed E-state index contributed by atoms with van der Waals surface area (Å²) in [6.45, 7) is 4.04. The second-order valence-electron chi connectivity index (χ2n) is 5.60. The zero-order valence-electron chi connectivity index (χ0n) is 14.3. The summed E-state index contributed by atoms with van der Waals surface area (Å²) in [5, 5.41) is 2.87. The van der Waals surface area contributed by atoms with Gasteiger partial charge in [-0.1, -0.05) is 25.1 Å². The molecule has 7 heteroatoms. The van der Waals surface area contributed by atoms with Crippen LogP contribution in [0.15, 0.2) is 24.3 Å². The van der Waals surface area contributed by atoms with Gasteiger partial charge in [0.2, 0.25) is 5.91 Å². The molecule has 1 amide bonds. The smallest absolute Gasteiger partial charge is 0.390 e. The second kappa shape index (κ2) is 9.52. The monoisotopic (exact) mass is 346 g/mol. The molecule has 0 fully saturated rings. The summed E-state index contributed by atoms with van der Waals surface area (Å²) in [4.78, 5) is 13.5. The van der Waals surface area contributed by atoms with Crippen LogP contribution in [0.4, 0.5) is 13.2 Å². The molecule has 136 valence electrons. The number of ether oxygens (including phenoxy) is 1. The van der Waals surface area contributed by atoms with Crippen molar-refractivity contribution in [3.63, 3.8) is 0 Å². The predicted molar refractivity (Wildman–Crippen MR) is 87.0 cm³/mol. The van der Waals surface area contributed by atoms with Gasteiger partial charge in [-0.25, -0.2) is 0 Å². The van der Waals surface area contributed by atoms with Crippen molar-refractivity contribution in [1.82, 2.24) is 10.2 Å². The molecule has 1 aromatic rings. The lowest BCUT2D eigenvalue weighted by Crippen LogP contribution is -2.38. The Labute approximate surface area is 141 Å². The number of hydrogen-bond acceptors (Lipinski definition) is 3. The van der Waals surface area contributed by atoms with Crippen molar-refractivity contribution in [3.8, 4) is 5.75 Å². The molecule has 0 saturated heterocycles. The maximum absolute atomic E-state index is 12.2. The lowest BCUT2D eigenvalue weighted by molar-refractivity contribution is -0.139. The van der Waals surface area contributed by atoms with Crippen molar-refractivity contribution in [2.24, 2.45) is 0 Å². The van der Waals surface area contributed by atoms with E-state index in [0.29, 0.717) is 18.8 Å². The second-order valence-corrected chi connectivity index (χ2v) is 5.60. The SMILES string of the molecule is CCOc1ccccc1C(CC)NC(=O)CN(C)CCC(F)(F)F. The highest BCUT2D eigenvalue weighted by Crippen LogP contribution is 2.27. The van der Waals surface area contributed by atoms with Gasteiger partial charge in [-0.2, -0.15) is 13.2 Å². The lowest BCUT2D eigenvalue weighted by Gasteiger charge is -2.22. The van der Waals surface area contributed by atoms with E-state index in [1.165, 1.54) is 11.9 Å². The van der Waals surface area contributed by atoms with Crippen LogP contribution in [-0.4, -0.2) is 43.7 Å². The lowest BCUT2D eigenvalue weighted by atomic mass is 10.0. The van der Waals surface area contributed by atoms with Gasteiger partial charge < -0.3 is 10.1 Å². The molecular formula is C17H25F3N2O2. The molecular weight excluding hydrogens is 321 g/mol. The summed E-state index contributed by atoms with van der Waals surface area (Å²) in [5.74, 6) is 0.399. The third-order valence-corrected chi connectivity index (χ3v) is 3.53. The minimum Gasteiger partial charge on any atom is -0.494 e. The van der Waals surface area contributed by atoms with Gasteiger partial charge in [-0.05, 0) is 26.5 Å². The first-order chi connectivity index (χ1) is 11.3. The number of rotatable bonds is 9. The van der Waals surface area contributed by atoms with Crippen LogP contribution in [0.2, 0.25) is 0 Å². The normalized spacial score (nSPS) is 13.0. The molecule has 1 aromatic carbocycles. The molecule has 0 aliphatic rings. The minimum atomic E-state index is -4.22.